The summed E-state index contributed by atoms with van der Waals surface area (Å²) in [6.45, 7) is 1.66. The summed E-state index contributed by atoms with van der Waals surface area (Å²) in [7, 11) is -2.00. The summed E-state index contributed by atoms with van der Waals surface area (Å²) in [5.74, 6) is 0.974. The van der Waals surface area contributed by atoms with Gasteiger partial charge in [-0.2, -0.15) is 0 Å². The molecule has 7 heteroatoms. The first-order valence-electron chi connectivity index (χ1n) is 5.81. The van der Waals surface area contributed by atoms with Crippen LogP contribution in [0.1, 0.15) is 5.82 Å². The second kappa shape index (κ2) is 5.09. The summed E-state index contributed by atoms with van der Waals surface area (Å²) in [4.78, 5) is 8.09. The van der Waals surface area contributed by atoms with E-state index in [4.69, 9.17) is 10.5 Å². The predicted molar refractivity (Wildman–Crippen MR) is 76.3 cm³/mol. The van der Waals surface area contributed by atoms with Crippen molar-refractivity contribution < 1.29 is 13.2 Å². The molecule has 0 saturated heterocycles. The molecule has 20 heavy (non-hydrogen) atoms. The molecule has 2 aromatic rings. The summed E-state index contributed by atoms with van der Waals surface area (Å²) >= 11 is 0. The maximum atomic E-state index is 11.9. The van der Waals surface area contributed by atoms with Crippen LogP contribution in [0.5, 0.6) is 5.75 Å². The molecule has 1 heterocycles. The molecule has 1 aromatic heterocycles. The molecular weight excluding hydrogens is 278 g/mol. The van der Waals surface area contributed by atoms with E-state index in [1.165, 1.54) is 7.11 Å². The number of nitrogens with zero attached hydrogens (tertiary/aromatic N) is 2. The Hall–Kier alpha value is -2.15. The van der Waals surface area contributed by atoms with Gasteiger partial charge in [0.1, 0.15) is 22.3 Å². The fourth-order valence-electron chi connectivity index (χ4n) is 1.92. The third-order valence-electron chi connectivity index (χ3n) is 2.72. The molecule has 0 radical (unpaired) electrons. The van der Waals surface area contributed by atoms with Gasteiger partial charge < -0.3 is 10.5 Å². The number of nitrogens with two attached hydrogens (primary N) is 1. The van der Waals surface area contributed by atoms with Crippen molar-refractivity contribution in [1.82, 2.24) is 9.97 Å². The first-order valence-corrected chi connectivity index (χ1v) is 7.70. The van der Waals surface area contributed by atoms with E-state index in [9.17, 15) is 8.42 Å². The van der Waals surface area contributed by atoms with Crippen molar-refractivity contribution in [1.29, 1.82) is 0 Å². The standard InChI is InChI=1S/C13H15N3O3S/c1-8-15-11(9-5-4-6-10(7-9)19-2)12(13(14)16-8)20(3,17)18/h4-7H,1-3H3,(H2,14,15,16). The average Bonchev–Trinajstić information content (AvgIpc) is 2.36. The van der Waals surface area contributed by atoms with Crippen LogP contribution in [0.4, 0.5) is 5.82 Å². The number of benzene rings is 1. The maximum Gasteiger partial charge on any atom is 0.181 e. The maximum absolute atomic E-state index is 11.9. The van der Waals surface area contributed by atoms with Crippen LogP contribution in [-0.2, 0) is 9.84 Å². The molecule has 0 saturated carbocycles. The highest BCUT2D eigenvalue weighted by Gasteiger charge is 2.21. The van der Waals surface area contributed by atoms with Crippen molar-refractivity contribution in [2.75, 3.05) is 19.1 Å². The molecule has 6 nitrogen and oxygen atoms in total. The lowest BCUT2D eigenvalue weighted by Gasteiger charge is -2.11. The monoisotopic (exact) mass is 293 g/mol. The van der Waals surface area contributed by atoms with Crippen LogP contribution in [0, 0.1) is 6.92 Å². The summed E-state index contributed by atoms with van der Waals surface area (Å²) in [5, 5.41) is 0. The number of rotatable bonds is 3. The van der Waals surface area contributed by atoms with Gasteiger partial charge in [-0.3, -0.25) is 0 Å². The molecule has 106 valence electrons. The molecule has 1 aromatic carbocycles. The fraction of sp³-hybridized carbons (Fsp3) is 0.231. The fourth-order valence-corrected chi connectivity index (χ4v) is 2.86. The zero-order chi connectivity index (χ0) is 14.9. The molecule has 0 spiro atoms. The third-order valence-corrected chi connectivity index (χ3v) is 3.86. The van der Waals surface area contributed by atoms with E-state index >= 15 is 0 Å². The Labute approximate surface area is 117 Å². The molecule has 0 bridgehead atoms. The minimum atomic E-state index is -3.54. The van der Waals surface area contributed by atoms with E-state index < -0.39 is 9.84 Å². The highest BCUT2D eigenvalue weighted by molar-refractivity contribution is 7.91. The number of aryl methyl sites for hydroxylation is 1. The number of hydrogen-bond acceptors (Lipinski definition) is 6. The number of ether oxygens (including phenoxy) is 1. The zero-order valence-electron chi connectivity index (χ0n) is 11.4. The summed E-state index contributed by atoms with van der Waals surface area (Å²) < 4.78 is 29.0. The molecule has 0 fully saturated rings. The molecule has 0 aliphatic rings. The quantitative estimate of drug-likeness (QED) is 0.920. The Morgan fingerprint density at radius 3 is 2.55 bits per heavy atom. The van der Waals surface area contributed by atoms with Crippen molar-refractivity contribution in [2.24, 2.45) is 0 Å². The molecule has 2 N–H and O–H groups in total. The van der Waals surface area contributed by atoms with Gasteiger partial charge in [-0.1, -0.05) is 12.1 Å². The van der Waals surface area contributed by atoms with E-state index in [0.717, 1.165) is 6.26 Å². The van der Waals surface area contributed by atoms with Crippen molar-refractivity contribution in [3.63, 3.8) is 0 Å². The van der Waals surface area contributed by atoms with Crippen molar-refractivity contribution in [3.8, 4) is 17.0 Å². The third kappa shape index (κ3) is 2.72. The second-order valence-electron chi connectivity index (χ2n) is 4.34. The summed E-state index contributed by atoms with van der Waals surface area (Å²) in [6.07, 6.45) is 1.08. The zero-order valence-corrected chi connectivity index (χ0v) is 12.2. The van der Waals surface area contributed by atoms with E-state index in [2.05, 4.69) is 9.97 Å². The number of hydrogen-bond donors (Lipinski definition) is 1. The van der Waals surface area contributed by atoms with Crippen LogP contribution in [0.15, 0.2) is 29.2 Å². The molecule has 0 aliphatic carbocycles. The Kier molecular flexibility index (Phi) is 3.63. The van der Waals surface area contributed by atoms with Gasteiger partial charge in [-0.15, -0.1) is 0 Å². The minimum Gasteiger partial charge on any atom is -0.497 e. The van der Waals surface area contributed by atoms with Gasteiger partial charge in [-0.05, 0) is 19.1 Å². The molecule has 0 aliphatic heterocycles. The number of anilines is 1. The number of aromatic nitrogens is 2. The molecule has 0 amide bonds. The van der Waals surface area contributed by atoms with Crippen LogP contribution in [0.2, 0.25) is 0 Å². The Balaban J connectivity index is 2.78. The Morgan fingerprint density at radius 2 is 1.95 bits per heavy atom. The van der Waals surface area contributed by atoms with Gasteiger partial charge in [0.25, 0.3) is 0 Å². The summed E-state index contributed by atoms with van der Waals surface area (Å²) in [6, 6.07) is 6.98. The summed E-state index contributed by atoms with van der Waals surface area (Å²) in [5.41, 5.74) is 6.66. The van der Waals surface area contributed by atoms with Gasteiger partial charge >= 0.3 is 0 Å². The first kappa shape index (κ1) is 14.3. The molecule has 0 unspecified atom stereocenters. The van der Waals surface area contributed by atoms with Crippen molar-refractivity contribution >= 4 is 15.7 Å². The SMILES string of the molecule is COc1cccc(-c2nc(C)nc(N)c2S(C)(=O)=O)c1. The lowest BCUT2D eigenvalue weighted by molar-refractivity contribution is 0.415. The van der Waals surface area contributed by atoms with Crippen LogP contribution in [-0.4, -0.2) is 31.8 Å². The van der Waals surface area contributed by atoms with Gasteiger partial charge in [0.2, 0.25) is 0 Å². The average molecular weight is 293 g/mol. The van der Waals surface area contributed by atoms with Crippen LogP contribution in [0.3, 0.4) is 0 Å². The highest BCUT2D eigenvalue weighted by Crippen LogP contribution is 2.30. The number of methoxy groups -OCH3 is 1. The second-order valence-corrected chi connectivity index (χ2v) is 6.29. The van der Waals surface area contributed by atoms with Crippen LogP contribution < -0.4 is 10.5 Å². The minimum absolute atomic E-state index is 0.0437. The lowest BCUT2D eigenvalue weighted by Crippen LogP contribution is -2.10. The van der Waals surface area contributed by atoms with E-state index in [1.54, 1.807) is 31.2 Å². The van der Waals surface area contributed by atoms with E-state index in [-0.39, 0.29) is 16.4 Å². The van der Waals surface area contributed by atoms with Crippen molar-refractivity contribution in [3.05, 3.63) is 30.1 Å². The molecule has 0 atom stereocenters. The van der Waals surface area contributed by atoms with E-state index in [1.807, 2.05) is 0 Å². The van der Waals surface area contributed by atoms with Gasteiger partial charge in [0, 0.05) is 11.8 Å². The largest absolute Gasteiger partial charge is 0.497 e. The van der Waals surface area contributed by atoms with Crippen LogP contribution >= 0.6 is 0 Å². The van der Waals surface area contributed by atoms with Crippen molar-refractivity contribution in [2.45, 2.75) is 11.8 Å². The lowest BCUT2D eigenvalue weighted by atomic mass is 10.1. The smallest absolute Gasteiger partial charge is 0.181 e. The Morgan fingerprint density at radius 1 is 1.25 bits per heavy atom. The molecule has 2 rings (SSSR count). The Bertz CT molecular complexity index is 757. The molecular formula is C13H15N3O3S. The van der Waals surface area contributed by atoms with Gasteiger partial charge in [0.05, 0.1) is 12.8 Å². The van der Waals surface area contributed by atoms with E-state index in [0.29, 0.717) is 17.1 Å². The number of nitrogen functional groups attached to an aromatic ring is 1. The normalized spacial score (nSPS) is 11.3. The topological polar surface area (TPSA) is 95.2 Å². The number of sulfone groups is 1. The predicted octanol–water partition coefficient (Wildman–Crippen LogP) is 1.45. The van der Waals surface area contributed by atoms with Gasteiger partial charge in [0.15, 0.2) is 9.84 Å². The van der Waals surface area contributed by atoms with Crippen LogP contribution in [0.25, 0.3) is 11.3 Å². The first-order chi connectivity index (χ1) is 9.32. The van der Waals surface area contributed by atoms with Gasteiger partial charge in [-0.25, -0.2) is 18.4 Å². The highest BCUT2D eigenvalue weighted by atomic mass is 32.2.